The van der Waals surface area contributed by atoms with Crippen molar-refractivity contribution in [3.63, 3.8) is 0 Å². The molecule has 0 saturated heterocycles. The third kappa shape index (κ3) is 9.15. The number of benzene rings is 14. The van der Waals surface area contributed by atoms with Crippen LogP contribution < -0.4 is 35.8 Å². The molecule has 0 unspecified atom stereocenters. The molecule has 0 fully saturated rings. The minimum Gasteiger partial charge on any atom is -0.458 e. The van der Waals surface area contributed by atoms with E-state index in [-0.39, 0.29) is 35.5 Å². The van der Waals surface area contributed by atoms with Gasteiger partial charge in [-0.05, 0) is 158 Å². The number of hydrogen-bond donors (Lipinski definition) is 0. The van der Waals surface area contributed by atoms with Crippen molar-refractivity contribution >= 4 is 106 Å². The number of thiophene rings is 1. The SMILES string of the molecule is [2H]c1c([2H])c([2H])c(N(c2ccccc2)c2ccc3c(c2)N(c2c(-c4ccccc4)cccc2-c2ccccc2)c2cc(-c4cc(-c5ccccc5)cc(-c5ccccc5)c4)cc4c2B3c2c(cc(N(c3ccccc3)c3c([2H])c([2H])c([2H])c([2H])c3[2H])c3c2sc2ccccc23)O4)c([2H])c1[2H]. The lowest BCUT2D eigenvalue weighted by Crippen LogP contribution is -2.59. The first-order valence-corrected chi connectivity index (χ1v) is 30.7. The molecule has 14 aromatic carbocycles. The van der Waals surface area contributed by atoms with Crippen LogP contribution in [0.25, 0.3) is 75.8 Å². The maximum absolute atomic E-state index is 9.64. The summed E-state index contributed by atoms with van der Waals surface area (Å²) in [4.78, 5) is 5.91. The Morgan fingerprint density at radius 1 is 0.356 bits per heavy atom. The minimum absolute atomic E-state index is 0.0235. The predicted octanol–water partition coefficient (Wildman–Crippen LogP) is 21.7. The van der Waals surface area contributed by atoms with E-state index in [1.54, 1.807) is 21.1 Å². The molecule has 422 valence electrons. The lowest BCUT2D eigenvalue weighted by Gasteiger charge is -2.42. The molecule has 1 aromatic heterocycles. The van der Waals surface area contributed by atoms with Gasteiger partial charge in [-0.25, -0.2) is 0 Å². The lowest BCUT2D eigenvalue weighted by atomic mass is 9.34. The van der Waals surface area contributed by atoms with Crippen LogP contribution in [0.3, 0.4) is 0 Å². The Labute approximate surface area is 542 Å². The van der Waals surface area contributed by atoms with Crippen molar-refractivity contribution in [2.45, 2.75) is 0 Å². The van der Waals surface area contributed by atoms with Gasteiger partial charge in [0.15, 0.2) is 0 Å². The van der Waals surface area contributed by atoms with Crippen molar-refractivity contribution in [1.82, 2.24) is 0 Å². The summed E-state index contributed by atoms with van der Waals surface area (Å²) in [5.74, 6) is 1.04. The van der Waals surface area contributed by atoms with E-state index in [4.69, 9.17) is 13.0 Å². The second-order valence-corrected chi connectivity index (χ2v) is 23.4. The zero-order valence-electron chi connectivity index (χ0n) is 58.3. The van der Waals surface area contributed by atoms with Crippen molar-refractivity contribution in [1.29, 1.82) is 0 Å². The van der Waals surface area contributed by atoms with Crippen LogP contribution in [0.4, 0.5) is 51.2 Å². The summed E-state index contributed by atoms with van der Waals surface area (Å²) in [6.07, 6.45) is 0. The van der Waals surface area contributed by atoms with E-state index in [1.165, 1.54) is 0 Å². The number of anilines is 9. The maximum atomic E-state index is 9.64. The van der Waals surface area contributed by atoms with Gasteiger partial charge in [0.25, 0.3) is 6.71 Å². The molecule has 90 heavy (non-hydrogen) atoms. The molecule has 6 heteroatoms. The van der Waals surface area contributed by atoms with Gasteiger partial charge in [0, 0.05) is 77.2 Å². The number of nitrogens with zero attached hydrogens (tertiary/aromatic N) is 3. The van der Waals surface area contributed by atoms with Crippen molar-refractivity contribution in [2.24, 2.45) is 0 Å². The number of ether oxygens (including phenoxy) is 1. The number of fused-ring (bicyclic) bond motifs is 8. The minimum atomic E-state index is -0.621. The fraction of sp³-hybridized carbons (Fsp3) is 0. The molecule has 0 spiro atoms. The molecule has 0 saturated carbocycles. The van der Waals surface area contributed by atoms with Crippen LogP contribution in [0.15, 0.2) is 339 Å². The molecule has 2 aliphatic heterocycles. The van der Waals surface area contributed by atoms with E-state index >= 15 is 0 Å². The van der Waals surface area contributed by atoms with Gasteiger partial charge in [0.1, 0.15) is 11.5 Å². The number of hydrogen-bond acceptors (Lipinski definition) is 5. The Balaban J connectivity index is 1.04. The van der Waals surface area contributed by atoms with E-state index in [1.807, 2.05) is 158 Å². The first kappa shape index (κ1) is 43.2. The summed E-state index contributed by atoms with van der Waals surface area (Å²) in [5.41, 5.74) is 16.6. The Bertz CT molecular complexity index is 5620. The monoisotopic (exact) mass is 1180 g/mol. The zero-order chi connectivity index (χ0) is 68.2. The van der Waals surface area contributed by atoms with Gasteiger partial charge >= 0.3 is 0 Å². The van der Waals surface area contributed by atoms with Crippen LogP contribution >= 0.6 is 11.3 Å². The quantitative estimate of drug-likeness (QED) is 0.114. The highest BCUT2D eigenvalue weighted by Crippen LogP contribution is 2.54. The van der Waals surface area contributed by atoms with Crippen LogP contribution in [-0.2, 0) is 0 Å². The summed E-state index contributed by atoms with van der Waals surface area (Å²) in [6, 6.07) is 89.7. The van der Waals surface area contributed by atoms with Gasteiger partial charge in [-0.3, -0.25) is 0 Å². The third-order valence-electron chi connectivity index (χ3n) is 17.2. The van der Waals surface area contributed by atoms with E-state index in [0.29, 0.717) is 34.2 Å². The summed E-state index contributed by atoms with van der Waals surface area (Å²) < 4.78 is 102. The smallest absolute Gasteiger partial charge is 0.258 e. The largest absolute Gasteiger partial charge is 0.458 e. The molecule has 17 rings (SSSR count). The van der Waals surface area contributed by atoms with Crippen LogP contribution in [0.1, 0.15) is 13.7 Å². The van der Waals surface area contributed by atoms with Gasteiger partial charge in [0.2, 0.25) is 0 Å². The molecular weight excluding hydrogens is 1110 g/mol. The van der Waals surface area contributed by atoms with Crippen LogP contribution in [0.5, 0.6) is 11.5 Å². The lowest BCUT2D eigenvalue weighted by molar-refractivity contribution is 0.488. The van der Waals surface area contributed by atoms with Crippen molar-refractivity contribution in [2.75, 3.05) is 14.7 Å². The Morgan fingerprint density at radius 2 is 0.833 bits per heavy atom. The standard InChI is InChI=1S/C84H56BN3OS/c1-9-28-57(29-10-1)61-50-62(58-30-11-2-12-31-58)52-63(51-61)64-53-76-81-77(54-64)89-78-56-75(87(67-40-21-7-22-41-67)68-42-23-8-24-43-68)80-72-44-25-26-47-79(72)90-84(80)82(78)85(81)73-49-48-69(86(65-36-17-5-18-37-65)66-38-19-6-20-39-66)55-74(73)88(76)83-70(59-32-13-3-14-33-59)45-27-46-71(83)60-34-15-4-16-35-60/h1-56H/i5D,7D,17D,18D,21D,22D,36D,37D,40D,41D. The van der Waals surface area contributed by atoms with Crippen LogP contribution in [0.2, 0.25) is 0 Å². The van der Waals surface area contributed by atoms with Gasteiger partial charge in [-0.1, -0.05) is 236 Å². The van der Waals surface area contributed by atoms with Gasteiger partial charge in [0.05, 0.1) is 25.1 Å². The highest BCUT2D eigenvalue weighted by molar-refractivity contribution is 7.28. The average molecular weight is 1180 g/mol. The molecule has 0 amide bonds. The predicted molar refractivity (Wildman–Crippen MR) is 382 cm³/mol. The van der Waals surface area contributed by atoms with E-state index < -0.39 is 43.0 Å². The molecule has 0 aliphatic carbocycles. The summed E-state index contributed by atoms with van der Waals surface area (Å²) >= 11 is 1.60. The highest BCUT2D eigenvalue weighted by Gasteiger charge is 2.45. The van der Waals surface area contributed by atoms with Crippen molar-refractivity contribution in [3.8, 4) is 67.1 Å². The molecule has 3 heterocycles. The van der Waals surface area contributed by atoms with E-state index in [9.17, 15) is 5.48 Å². The Morgan fingerprint density at radius 3 is 1.41 bits per heavy atom. The second-order valence-electron chi connectivity index (χ2n) is 22.4. The summed E-state index contributed by atoms with van der Waals surface area (Å²) in [5, 5.41) is 1.67. The third-order valence-corrected chi connectivity index (χ3v) is 18.4. The zero-order valence-corrected chi connectivity index (χ0v) is 49.1. The molecule has 0 atom stereocenters. The molecule has 0 N–H and O–H groups in total. The summed E-state index contributed by atoms with van der Waals surface area (Å²) in [7, 11) is 0. The number of para-hydroxylation sites is 5. The molecule has 15 aromatic rings. The molecule has 2 aliphatic rings. The normalized spacial score (nSPS) is 13.6. The fourth-order valence-corrected chi connectivity index (χ4v) is 14.6. The van der Waals surface area contributed by atoms with Gasteiger partial charge in [-0.15, -0.1) is 11.3 Å². The molecular formula is C84H56BN3OS. The van der Waals surface area contributed by atoms with Gasteiger partial charge in [-0.2, -0.15) is 0 Å². The van der Waals surface area contributed by atoms with Crippen molar-refractivity contribution in [3.05, 3.63) is 339 Å². The molecule has 0 bridgehead atoms. The van der Waals surface area contributed by atoms with E-state index in [0.717, 1.165) is 109 Å². The van der Waals surface area contributed by atoms with Gasteiger partial charge < -0.3 is 19.4 Å². The molecule has 4 nitrogen and oxygen atoms in total. The second kappa shape index (κ2) is 22.4. The Hall–Kier alpha value is -11.4. The maximum Gasteiger partial charge on any atom is 0.258 e. The Kier molecular flexibility index (Phi) is 10.7. The fourth-order valence-electron chi connectivity index (χ4n) is 13.3. The molecule has 0 radical (unpaired) electrons. The van der Waals surface area contributed by atoms with Crippen molar-refractivity contribution < 1.29 is 18.4 Å². The first-order chi connectivity index (χ1) is 48.8. The average Bonchev–Trinajstić information content (AvgIpc) is 1.10. The van der Waals surface area contributed by atoms with E-state index in [2.05, 4.69) is 126 Å². The van der Waals surface area contributed by atoms with Crippen LogP contribution in [-0.4, -0.2) is 6.71 Å². The highest BCUT2D eigenvalue weighted by atomic mass is 32.1. The summed E-state index contributed by atoms with van der Waals surface area (Å²) in [6.45, 7) is -0.621. The topological polar surface area (TPSA) is 19.0 Å². The first-order valence-electron chi connectivity index (χ1n) is 34.9. The van der Waals surface area contributed by atoms with Crippen LogP contribution in [0, 0.1) is 0 Å². The number of rotatable bonds is 12.